The molecular formula is C7H10N2O3. The summed E-state index contributed by atoms with van der Waals surface area (Å²) >= 11 is 0. The summed E-state index contributed by atoms with van der Waals surface area (Å²) in [5.74, 6) is 0.266. The van der Waals surface area contributed by atoms with Crippen molar-refractivity contribution in [1.29, 1.82) is 0 Å². The summed E-state index contributed by atoms with van der Waals surface area (Å²) in [4.78, 5) is 10.2. The number of aromatic nitrogens is 2. The SMILES string of the molecule is CCn1nc(C)cc1OC(=O)O. The molecule has 0 unspecified atom stereocenters. The van der Waals surface area contributed by atoms with Crippen LogP contribution in [0, 0.1) is 6.92 Å². The van der Waals surface area contributed by atoms with Gasteiger partial charge in [-0.3, -0.25) is 0 Å². The Balaban J connectivity index is 2.89. The zero-order valence-electron chi connectivity index (χ0n) is 6.94. The summed E-state index contributed by atoms with van der Waals surface area (Å²) in [5.41, 5.74) is 0.744. The number of rotatable bonds is 2. The van der Waals surface area contributed by atoms with Gasteiger partial charge in [-0.25, -0.2) is 9.48 Å². The molecule has 1 heterocycles. The van der Waals surface area contributed by atoms with Crippen molar-refractivity contribution in [2.75, 3.05) is 0 Å². The standard InChI is InChI=1S/C7H10N2O3/c1-3-9-6(12-7(10)11)4-5(2)8-9/h4H,3H2,1-2H3,(H,10,11). The molecule has 1 rings (SSSR count). The van der Waals surface area contributed by atoms with Crippen molar-refractivity contribution in [3.05, 3.63) is 11.8 Å². The smallest absolute Gasteiger partial charge is 0.449 e. The maximum Gasteiger partial charge on any atom is 0.512 e. The molecule has 12 heavy (non-hydrogen) atoms. The number of hydrogen-bond acceptors (Lipinski definition) is 3. The first kappa shape index (κ1) is 8.58. The van der Waals surface area contributed by atoms with Gasteiger partial charge in [0, 0.05) is 12.6 Å². The second-order valence-electron chi connectivity index (χ2n) is 2.31. The van der Waals surface area contributed by atoms with Crippen LogP contribution < -0.4 is 4.74 Å². The van der Waals surface area contributed by atoms with Gasteiger partial charge in [0.1, 0.15) is 0 Å². The quantitative estimate of drug-likeness (QED) is 0.679. The summed E-state index contributed by atoms with van der Waals surface area (Å²) in [6.07, 6.45) is -1.32. The Morgan fingerprint density at radius 1 is 1.83 bits per heavy atom. The molecule has 0 spiro atoms. The first-order chi connectivity index (χ1) is 5.63. The van der Waals surface area contributed by atoms with Gasteiger partial charge in [0.25, 0.3) is 0 Å². The Kier molecular flexibility index (Phi) is 2.32. The first-order valence-electron chi connectivity index (χ1n) is 3.58. The Labute approximate surface area is 69.6 Å². The van der Waals surface area contributed by atoms with Crippen molar-refractivity contribution in [3.8, 4) is 5.88 Å². The fourth-order valence-corrected chi connectivity index (χ4v) is 0.920. The van der Waals surface area contributed by atoms with E-state index in [1.54, 1.807) is 13.0 Å². The number of carbonyl (C=O) groups is 1. The van der Waals surface area contributed by atoms with Crippen LogP contribution in [0.5, 0.6) is 5.88 Å². The van der Waals surface area contributed by atoms with Crippen LogP contribution in [-0.4, -0.2) is 21.0 Å². The molecule has 0 fully saturated rings. The van der Waals surface area contributed by atoms with Crippen molar-refractivity contribution >= 4 is 6.16 Å². The van der Waals surface area contributed by atoms with E-state index in [4.69, 9.17) is 5.11 Å². The van der Waals surface area contributed by atoms with Gasteiger partial charge in [-0.05, 0) is 13.8 Å². The third kappa shape index (κ3) is 1.75. The van der Waals surface area contributed by atoms with Gasteiger partial charge < -0.3 is 9.84 Å². The second kappa shape index (κ2) is 3.25. The molecule has 0 aliphatic heterocycles. The molecule has 0 bridgehead atoms. The van der Waals surface area contributed by atoms with E-state index in [0.717, 1.165) is 5.69 Å². The number of nitrogens with zero attached hydrogens (tertiary/aromatic N) is 2. The van der Waals surface area contributed by atoms with Crippen LogP contribution in [0.4, 0.5) is 4.79 Å². The topological polar surface area (TPSA) is 64.4 Å². The van der Waals surface area contributed by atoms with E-state index in [-0.39, 0.29) is 5.88 Å². The van der Waals surface area contributed by atoms with Crippen LogP contribution in [0.15, 0.2) is 6.07 Å². The number of aryl methyl sites for hydroxylation is 2. The fraction of sp³-hybridized carbons (Fsp3) is 0.429. The van der Waals surface area contributed by atoms with Crippen molar-refractivity contribution in [3.63, 3.8) is 0 Å². The predicted octanol–water partition coefficient (Wildman–Crippen LogP) is 1.27. The van der Waals surface area contributed by atoms with Crippen molar-refractivity contribution < 1.29 is 14.6 Å². The molecule has 0 amide bonds. The molecule has 5 nitrogen and oxygen atoms in total. The average Bonchev–Trinajstić information content (AvgIpc) is 2.29. The molecule has 0 saturated carbocycles. The highest BCUT2D eigenvalue weighted by Crippen LogP contribution is 2.12. The molecule has 0 aliphatic rings. The third-order valence-corrected chi connectivity index (χ3v) is 1.36. The third-order valence-electron chi connectivity index (χ3n) is 1.36. The number of carboxylic acid groups (broad SMARTS) is 1. The van der Waals surface area contributed by atoms with Crippen LogP contribution >= 0.6 is 0 Å². The Hall–Kier alpha value is -1.52. The highest BCUT2D eigenvalue weighted by molar-refractivity contribution is 5.60. The van der Waals surface area contributed by atoms with E-state index in [0.29, 0.717) is 6.54 Å². The fourth-order valence-electron chi connectivity index (χ4n) is 0.920. The minimum atomic E-state index is -1.32. The summed E-state index contributed by atoms with van der Waals surface area (Å²) in [5, 5.41) is 12.3. The van der Waals surface area contributed by atoms with Gasteiger partial charge in [-0.1, -0.05) is 0 Å². The summed E-state index contributed by atoms with van der Waals surface area (Å²) in [7, 11) is 0. The lowest BCUT2D eigenvalue weighted by molar-refractivity contribution is 0.140. The molecule has 0 atom stereocenters. The van der Waals surface area contributed by atoms with Gasteiger partial charge >= 0.3 is 6.16 Å². The maximum atomic E-state index is 10.2. The van der Waals surface area contributed by atoms with Crippen LogP contribution in [0.2, 0.25) is 0 Å². The van der Waals surface area contributed by atoms with Gasteiger partial charge in [0.05, 0.1) is 5.69 Å². The maximum absolute atomic E-state index is 10.2. The minimum absolute atomic E-state index is 0.266. The van der Waals surface area contributed by atoms with Crippen LogP contribution in [-0.2, 0) is 6.54 Å². The Morgan fingerprint density at radius 3 is 3.00 bits per heavy atom. The Bertz CT molecular complexity index is 293. The largest absolute Gasteiger partial charge is 0.512 e. The van der Waals surface area contributed by atoms with E-state index in [1.165, 1.54) is 4.68 Å². The monoisotopic (exact) mass is 170 g/mol. The summed E-state index contributed by atoms with van der Waals surface area (Å²) < 4.78 is 5.96. The first-order valence-corrected chi connectivity index (χ1v) is 3.58. The normalized spacial score (nSPS) is 9.83. The molecule has 5 heteroatoms. The molecule has 0 saturated heterocycles. The Morgan fingerprint density at radius 2 is 2.50 bits per heavy atom. The predicted molar refractivity (Wildman–Crippen MR) is 41.3 cm³/mol. The second-order valence-corrected chi connectivity index (χ2v) is 2.31. The van der Waals surface area contributed by atoms with Gasteiger partial charge in [0.15, 0.2) is 0 Å². The molecule has 1 aromatic rings. The lowest BCUT2D eigenvalue weighted by Crippen LogP contribution is -2.08. The number of ether oxygens (including phenoxy) is 1. The van der Waals surface area contributed by atoms with Crippen LogP contribution in [0.3, 0.4) is 0 Å². The lowest BCUT2D eigenvalue weighted by Gasteiger charge is -2.00. The molecule has 1 aromatic heterocycles. The lowest BCUT2D eigenvalue weighted by atomic mass is 10.5. The van der Waals surface area contributed by atoms with Crippen LogP contribution in [0.25, 0.3) is 0 Å². The van der Waals surface area contributed by atoms with E-state index in [9.17, 15) is 4.79 Å². The minimum Gasteiger partial charge on any atom is -0.449 e. The van der Waals surface area contributed by atoms with E-state index in [1.807, 2.05) is 6.92 Å². The summed E-state index contributed by atoms with van der Waals surface area (Å²) in [6.45, 7) is 4.23. The highest BCUT2D eigenvalue weighted by Gasteiger charge is 2.08. The molecule has 0 aliphatic carbocycles. The van der Waals surface area contributed by atoms with Crippen molar-refractivity contribution in [2.45, 2.75) is 20.4 Å². The van der Waals surface area contributed by atoms with E-state index in [2.05, 4.69) is 9.84 Å². The zero-order chi connectivity index (χ0) is 9.14. The molecular weight excluding hydrogens is 160 g/mol. The zero-order valence-corrected chi connectivity index (χ0v) is 6.94. The van der Waals surface area contributed by atoms with Crippen molar-refractivity contribution in [2.24, 2.45) is 0 Å². The molecule has 0 aromatic carbocycles. The average molecular weight is 170 g/mol. The molecule has 0 radical (unpaired) electrons. The van der Waals surface area contributed by atoms with Crippen molar-refractivity contribution in [1.82, 2.24) is 9.78 Å². The number of hydrogen-bond donors (Lipinski definition) is 1. The molecule has 1 N–H and O–H groups in total. The van der Waals surface area contributed by atoms with Gasteiger partial charge in [-0.15, -0.1) is 0 Å². The highest BCUT2D eigenvalue weighted by atomic mass is 16.7. The van der Waals surface area contributed by atoms with Crippen LogP contribution in [0.1, 0.15) is 12.6 Å². The summed E-state index contributed by atoms with van der Waals surface area (Å²) in [6, 6.07) is 1.58. The van der Waals surface area contributed by atoms with Gasteiger partial charge in [-0.2, -0.15) is 5.10 Å². The van der Waals surface area contributed by atoms with E-state index >= 15 is 0 Å². The molecule has 66 valence electrons. The van der Waals surface area contributed by atoms with E-state index < -0.39 is 6.16 Å². The van der Waals surface area contributed by atoms with Gasteiger partial charge in [0.2, 0.25) is 5.88 Å².